The van der Waals surface area contributed by atoms with Crippen molar-refractivity contribution in [2.45, 2.75) is 41.0 Å². The second kappa shape index (κ2) is 10.9. The van der Waals surface area contributed by atoms with Gasteiger partial charge in [-0.25, -0.2) is 0 Å². The molecule has 1 aliphatic heterocycles. The van der Waals surface area contributed by atoms with Gasteiger partial charge in [-0.1, -0.05) is 41.8 Å². The highest BCUT2D eigenvalue weighted by atomic mass is 32.2. The second-order valence-corrected chi connectivity index (χ2v) is 8.62. The molecule has 1 fully saturated rings. The van der Waals surface area contributed by atoms with Gasteiger partial charge >= 0.3 is 0 Å². The van der Waals surface area contributed by atoms with Crippen LogP contribution in [0.1, 0.15) is 26.2 Å². The number of rotatable bonds is 10. The summed E-state index contributed by atoms with van der Waals surface area (Å²) in [5, 5.41) is 13.8. The van der Waals surface area contributed by atoms with E-state index in [9.17, 15) is 9.59 Å². The highest BCUT2D eigenvalue weighted by Crippen LogP contribution is 2.28. The van der Waals surface area contributed by atoms with Crippen molar-refractivity contribution < 1.29 is 14.3 Å². The summed E-state index contributed by atoms with van der Waals surface area (Å²) in [4.78, 5) is 23.3. The van der Waals surface area contributed by atoms with E-state index < -0.39 is 0 Å². The number of amides is 2. The van der Waals surface area contributed by atoms with E-state index in [4.69, 9.17) is 4.74 Å². The van der Waals surface area contributed by atoms with Crippen LogP contribution in [0.2, 0.25) is 0 Å². The quantitative estimate of drug-likeness (QED) is 0.585. The van der Waals surface area contributed by atoms with E-state index in [1.165, 1.54) is 34.9 Å². The fraction of sp³-hybridized carbons (Fsp3) is 0.714. The highest BCUT2D eigenvalue weighted by Gasteiger charge is 2.16. The summed E-state index contributed by atoms with van der Waals surface area (Å²) in [7, 11) is 0. The molecule has 10 heteroatoms. The van der Waals surface area contributed by atoms with Gasteiger partial charge in [0.25, 0.3) is 0 Å². The third kappa shape index (κ3) is 7.37. The van der Waals surface area contributed by atoms with Crippen molar-refractivity contribution in [1.29, 1.82) is 0 Å². The molecule has 1 atom stereocenters. The minimum absolute atomic E-state index is 0.000220. The monoisotopic (exact) mass is 390 g/mol. The van der Waals surface area contributed by atoms with E-state index in [0.29, 0.717) is 24.6 Å². The topological polar surface area (TPSA) is 93.2 Å². The Hall–Kier alpha value is -0.840. The van der Waals surface area contributed by atoms with Gasteiger partial charge in [0.15, 0.2) is 8.68 Å². The first-order valence-corrected chi connectivity index (χ1v) is 10.7. The Morgan fingerprint density at radius 2 is 1.88 bits per heavy atom. The van der Waals surface area contributed by atoms with Crippen LogP contribution in [-0.4, -0.2) is 59.3 Å². The summed E-state index contributed by atoms with van der Waals surface area (Å²) in [5.41, 5.74) is 0. The largest absolute Gasteiger partial charge is 0.376 e. The number of hydrogen-bond acceptors (Lipinski definition) is 8. The molecule has 2 amide bonds. The van der Waals surface area contributed by atoms with Crippen LogP contribution in [0.15, 0.2) is 8.68 Å². The van der Waals surface area contributed by atoms with E-state index in [0.717, 1.165) is 34.5 Å². The number of aromatic nitrogens is 2. The molecule has 0 radical (unpaired) electrons. The van der Waals surface area contributed by atoms with Crippen LogP contribution in [0.25, 0.3) is 0 Å². The first-order chi connectivity index (χ1) is 11.7. The maximum atomic E-state index is 11.8. The number of hydrogen-bond donors (Lipinski definition) is 2. The average molecular weight is 391 g/mol. The standard InChI is InChI=1S/C14H22N4O3S3/c1-2-5-15-11(19)8-22-13-17-18-14(24-13)23-9-12(20)16-7-10-4-3-6-21-10/h10H,2-9H2,1H3,(H,15,19)(H,16,20). The predicted octanol–water partition coefficient (Wildman–Crippen LogP) is 1.54. The summed E-state index contributed by atoms with van der Waals surface area (Å²) < 4.78 is 6.94. The normalized spacial score (nSPS) is 17.0. The number of nitrogens with zero attached hydrogens (tertiary/aromatic N) is 2. The smallest absolute Gasteiger partial charge is 0.230 e. The Kier molecular flexibility index (Phi) is 8.86. The number of nitrogens with one attached hydrogen (secondary N) is 2. The molecule has 1 aliphatic rings. The summed E-state index contributed by atoms with van der Waals surface area (Å²) in [6.45, 7) is 4.07. The fourth-order valence-electron chi connectivity index (χ4n) is 1.97. The third-order valence-electron chi connectivity index (χ3n) is 3.16. The van der Waals surface area contributed by atoms with Gasteiger partial charge in [0.05, 0.1) is 17.6 Å². The zero-order chi connectivity index (χ0) is 17.2. The third-order valence-corrected chi connectivity index (χ3v) is 6.35. The van der Waals surface area contributed by atoms with Gasteiger partial charge in [0, 0.05) is 19.7 Å². The Morgan fingerprint density at radius 1 is 1.21 bits per heavy atom. The minimum Gasteiger partial charge on any atom is -0.376 e. The van der Waals surface area contributed by atoms with Crippen LogP contribution in [0.3, 0.4) is 0 Å². The van der Waals surface area contributed by atoms with E-state index >= 15 is 0 Å². The zero-order valence-corrected chi connectivity index (χ0v) is 16.0. The molecule has 1 saturated heterocycles. The van der Waals surface area contributed by atoms with Crippen LogP contribution in [-0.2, 0) is 14.3 Å². The van der Waals surface area contributed by atoms with Gasteiger partial charge in [-0.05, 0) is 19.3 Å². The minimum atomic E-state index is -0.0288. The summed E-state index contributed by atoms with van der Waals surface area (Å²) in [6.07, 6.45) is 3.15. The Bertz CT molecular complexity index is 535. The number of ether oxygens (including phenoxy) is 1. The molecule has 1 aromatic heterocycles. The molecule has 2 N–H and O–H groups in total. The molecule has 1 aromatic rings. The molecule has 0 aromatic carbocycles. The molecule has 0 saturated carbocycles. The van der Waals surface area contributed by atoms with Crippen LogP contribution >= 0.6 is 34.9 Å². The van der Waals surface area contributed by atoms with Gasteiger partial charge in [0.2, 0.25) is 11.8 Å². The molecule has 24 heavy (non-hydrogen) atoms. The van der Waals surface area contributed by atoms with Gasteiger partial charge < -0.3 is 15.4 Å². The van der Waals surface area contributed by atoms with E-state index in [-0.39, 0.29) is 17.9 Å². The molecule has 0 aliphatic carbocycles. The Morgan fingerprint density at radius 3 is 2.46 bits per heavy atom. The molecule has 7 nitrogen and oxygen atoms in total. The average Bonchev–Trinajstić information content (AvgIpc) is 3.26. The molecule has 134 valence electrons. The first-order valence-electron chi connectivity index (χ1n) is 7.91. The van der Waals surface area contributed by atoms with Crippen molar-refractivity contribution >= 4 is 46.7 Å². The van der Waals surface area contributed by atoms with E-state index in [2.05, 4.69) is 20.8 Å². The molecular formula is C14H22N4O3S3. The first kappa shape index (κ1) is 19.5. The Balaban J connectivity index is 1.61. The number of carbonyl (C=O) groups excluding carboxylic acids is 2. The van der Waals surface area contributed by atoms with Gasteiger partial charge in [-0.3, -0.25) is 9.59 Å². The molecule has 2 rings (SSSR count). The predicted molar refractivity (Wildman–Crippen MR) is 96.6 cm³/mol. The van der Waals surface area contributed by atoms with Crippen LogP contribution < -0.4 is 10.6 Å². The molecule has 0 spiro atoms. The van der Waals surface area contributed by atoms with Gasteiger partial charge in [-0.2, -0.15) is 0 Å². The van der Waals surface area contributed by atoms with Crippen LogP contribution in [0.4, 0.5) is 0 Å². The van der Waals surface area contributed by atoms with Crippen molar-refractivity contribution in [1.82, 2.24) is 20.8 Å². The summed E-state index contributed by atoms with van der Waals surface area (Å²) in [6, 6.07) is 0. The molecule has 1 unspecified atom stereocenters. The van der Waals surface area contributed by atoms with Crippen molar-refractivity contribution in [2.24, 2.45) is 0 Å². The van der Waals surface area contributed by atoms with Gasteiger partial charge in [0.1, 0.15) is 0 Å². The number of carbonyl (C=O) groups is 2. The fourth-order valence-corrected chi connectivity index (χ4v) is 4.65. The lowest BCUT2D eigenvalue weighted by molar-refractivity contribution is -0.119. The SMILES string of the molecule is CCCNC(=O)CSc1nnc(SCC(=O)NCC2CCCO2)s1. The van der Waals surface area contributed by atoms with Crippen molar-refractivity contribution in [3.63, 3.8) is 0 Å². The summed E-state index contributed by atoms with van der Waals surface area (Å²) >= 11 is 4.12. The molecule has 0 bridgehead atoms. The van der Waals surface area contributed by atoms with Crippen LogP contribution in [0.5, 0.6) is 0 Å². The lowest BCUT2D eigenvalue weighted by Gasteiger charge is -2.09. The van der Waals surface area contributed by atoms with Gasteiger partial charge in [-0.15, -0.1) is 10.2 Å². The van der Waals surface area contributed by atoms with Crippen molar-refractivity contribution in [2.75, 3.05) is 31.2 Å². The lowest BCUT2D eigenvalue weighted by Crippen LogP contribution is -2.32. The van der Waals surface area contributed by atoms with Crippen LogP contribution in [0, 0.1) is 0 Å². The van der Waals surface area contributed by atoms with Crippen molar-refractivity contribution in [3.8, 4) is 0 Å². The zero-order valence-electron chi connectivity index (χ0n) is 13.6. The maximum absolute atomic E-state index is 11.8. The molecule has 2 heterocycles. The second-order valence-electron chi connectivity index (χ2n) is 5.20. The van der Waals surface area contributed by atoms with E-state index in [1.54, 1.807) is 0 Å². The highest BCUT2D eigenvalue weighted by molar-refractivity contribution is 8.03. The summed E-state index contributed by atoms with van der Waals surface area (Å²) in [5.74, 6) is 0.614. The Labute approximate surface area is 154 Å². The van der Waals surface area contributed by atoms with E-state index in [1.807, 2.05) is 6.92 Å². The number of thioether (sulfide) groups is 2. The van der Waals surface area contributed by atoms with Crippen molar-refractivity contribution in [3.05, 3.63) is 0 Å². The maximum Gasteiger partial charge on any atom is 0.230 e. The molecular weight excluding hydrogens is 368 g/mol. The lowest BCUT2D eigenvalue weighted by atomic mass is 10.2.